The molecule has 4 heterocycles. The Labute approximate surface area is 194 Å². The van der Waals surface area contributed by atoms with Crippen LogP contribution in [0.1, 0.15) is 42.5 Å². The van der Waals surface area contributed by atoms with E-state index in [4.69, 9.17) is 4.98 Å². The van der Waals surface area contributed by atoms with Gasteiger partial charge in [-0.15, -0.1) is 0 Å². The largest absolute Gasteiger partial charge is 0.357 e. The molecule has 3 N–H and O–H groups in total. The molecule has 1 fully saturated rings. The van der Waals surface area contributed by atoms with Gasteiger partial charge >= 0.3 is 0 Å². The summed E-state index contributed by atoms with van der Waals surface area (Å²) in [7, 11) is 0. The van der Waals surface area contributed by atoms with Crippen molar-refractivity contribution in [3.05, 3.63) is 72.2 Å². The van der Waals surface area contributed by atoms with Crippen LogP contribution in [0.4, 0.5) is 0 Å². The van der Waals surface area contributed by atoms with Crippen molar-refractivity contribution >= 4 is 17.1 Å². The Morgan fingerprint density at radius 2 is 2.06 bits per heavy atom. The highest BCUT2D eigenvalue weighted by atomic mass is 15.1. The molecule has 6 nitrogen and oxygen atoms in total. The Kier molecular flexibility index (Phi) is 6.17. The summed E-state index contributed by atoms with van der Waals surface area (Å²) in [4.78, 5) is 12.9. The molecule has 0 amide bonds. The van der Waals surface area contributed by atoms with E-state index in [2.05, 4.69) is 51.1 Å². The van der Waals surface area contributed by atoms with E-state index in [0.29, 0.717) is 0 Å². The second-order valence-electron chi connectivity index (χ2n) is 8.89. The number of nitrogens with one attached hydrogen (secondary N) is 3. The molecule has 4 aromatic heterocycles. The van der Waals surface area contributed by atoms with Crippen LogP contribution < -0.4 is 5.32 Å². The molecule has 6 heteroatoms. The van der Waals surface area contributed by atoms with Crippen LogP contribution in [-0.2, 0) is 6.54 Å². The Balaban J connectivity index is 1.39. The number of hydrogen-bond donors (Lipinski definition) is 3. The summed E-state index contributed by atoms with van der Waals surface area (Å²) in [5.74, 6) is 0.828. The summed E-state index contributed by atoms with van der Waals surface area (Å²) in [5.41, 5.74) is 8.79. The molecule has 33 heavy (non-hydrogen) atoms. The first-order valence-electron chi connectivity index (χ1n) is 11.7. The smallest absolute Gasteiger partial charge is 0.135 e. The molecule has 0 bridgehead atoms. The molecule has 0 aliphatic heterocycles. The van der Waals surface area contributed by atoms with Crippen molar-refractivity contribution in [3.8, 4) is 22.6 Å². The van der Waals surface area contributed by atoms with E-state index in [1.165, 1.54) is 31.2 Å². The number of hydrogen-bond acceptors (Lipinski definition) is 4. The van der Waals surface area contributed by atoms with E-state index < -0.39 is 0 Å². The van der Waals surface area contributed by atoms with Gasteiger partial charge in [-0.25, -0.2) is 4.98 Å². The van der Waals surface area contributed by atoms with Gasteiger partial charge in [-0.05, 0) is 67.6 Å². The molecule has 1 saturated carbocycles. The van der Waals surface area contributed by atoms with Gasteiger partial charge in [0.25, 0.3) is 0 Å². The average Bonchev–Trinajstić information content (AvgIpc) is 3.57. The van der Waals surface area contributed by atoms with Crippen LogP contribution in [0.25, 0.3) is 39.8 Å². The fraction of sp³-hybridized carbons (Fsp3) is 0.296. The molecule has 0 radical (unpaired) electrons. The molecule has 168 valence electrons. The maximum Gasteiger partial charge on any atom is 0.135 e. The van der Waals surface area contributed by atoms with Crippen molar-refractivity contribution in [2.45, 2.75) is 39.2 Å². The molecule has 5 rings (SSSR count). The minimum atomic E-state index is 0.815. The van der Waals surface area contributed by atoms with Crippen molar-refractivity contribution in [1.82, 2.24) is 30.5 Å². The van der Waals surface area contributed by atoms with Crippen LogP contribution in [0, 0.1) is 12.8 Å². The molecule has 4 aromatic rings. The van der Waals surface area contributed by atoms with Gasteiger partial charge in [0.2, 0.25) is 0 Å². The minimum absolute atomic E-state index is 0.815. The lowest BCUT2D eigenvalue weighted by Gasteiger charge is -2.11. The SMILES string of the molecule is C=C/C=C\c1cc(-c2n[nH]c3ccc(-c4cncc(CNCC5CCCC5)c4)nc23)[nH]c1C. The number of allylic oxidation sites excluding steroid dienone is 2. The second kappa shape index (κ2) is 9.55. The van der Waals surface area contributed by atoms with Crippen molar-refractivity contribution in [2.24, 2.45) is 5.92 Å². The number of aryl methyl sites for hydroxylation is 1. The zero-order chi connectivity index (χ0) is 22.6. The highest BCUT2D eigenvalue weighted by Gasteiger charge is 2.15. The second-order valence-corrected chi connectivity index (χ2v) is 8.89. The standard InChI is InChI=1S/C27H30N6/c1-3-4-9-21-13-25(30-18(21)2)27-26-24(32-33-27)11-10-23(31-26)22-12-20(16-29-17-22)15-28-14-19-7-5-6-8-19/h3-4,9-13,16-17,19,28,30H,1,5-8,14-15H2,2H3,(H,32,33)/b9-4-. The van der Waals surface area contributed by atoms with Crippen molar-refractivity contribution in [2.75, 3.05) is 6.54 Å². The van der Waals surface area contributed by atoms with Gasteiger partial charge in [0.05, 0.1) is 16.9 Å². The van der Waals surface area contributed by atoms with Crippen LogP contribution in [0.5, 0.6) is 0 Å². The van der Waals surface area contributed by atoms with Crippen LogP contribution >= 0.6 is 0 Å². The van der Waals surface area contributed by atoms with E-state index in [9.17, 15) is 0 Å². The number of aromatic nitrogens is 5. The fourth-order valence-electron chi connectivity index (χ4n) is 4.65. The first-order chi connectivity index (χ1) is 16.2. The Morgan fingerprint density at radius 1 is 1.18 bits per heavy atom. The summed E-state index contributed by atoms with van der Waals surface area (Å²) in [6, 6.07) is 8.33. The number of fused-ring (bicyclic) bond motifs is 1. The highest BCUT2D eigenvalue weighted by molar-refractivity contribution is 5.90. The fourth-order valence-corrected chi connectivity index (χ4v) is 4.65. The lowest BCUT2D eigenvalue weighted by Crippen LogP contribution is -2.20. The first-order valence-corrected chi connectivity index (χ1v) is 11.7. The van der Waals surface area contributed by atoms with Gasteiger partial charge in [-0.2, -0.15) is 5.10 Å². The summed E-state index contributed by atoms with van der Waals surface area (Å²) in [6.07, 6.45) is 15.0. The third kappa shape index (κ3) is 4.66. The molecular formula is C27H30N6. The minimum Gasteiger partial charge on any atom is -0.357 e. The average molecular weight is 439 g/mol. The summed E-state index contributed by atoms with van der Waals surface area (Å²) in [5, 5.41) is 11.3. The van der Waals surface area contributed by atoms with Gasteiger partial charge in [0, 0.05) is 30.2 Å². The summed E-state index contributed by atoms with van der Waals surface area (Å²) < 4.78 is 0. The third-order valence-corrected chi connectivity index (χ3v) is 6.46. The molecule has 1 aliphatic carbocycles. The van der Waals surface area contributed by atoms with Crippen LogP contribution in [0.2, 0.25) is 0 Å². The third-order valence-electron chi connectivity index (χ3n) is 6.46. The lowest BCUT2D eigenvalue weighted by atomic mass is 10.1. The Morgan fingerprint density at radius 3 is 2.91 bits per heavy atom. The van der Waals surface area contributed by atoms with E-state index in [1.54, 1.807) is 6.08 Å². The molecule has 1 aliphatic rings. The summed E-state index contributed by atoms with van der Waals surface area (Å²) in [6.45, 7) is 7.72. The van der Waals surface area contributed by atoms with Crippen LogP contribution in [0.15, 0.2) is 55.4 Å². The number of pyridine rings is 2. The van der Waals surface area contributed by atoms with Gasteiger partial charge in [-0.1, -0.05) is 37.6 Å². The monoisotopic (exact) mass is 438 g/mol. The number of rotatable bonds is 8. The maximum absolute atomic E-state index is 4.96. The molecule has 0 saturated heterocycles. The highest BCUT2D eigenvalue weighted by Crippen LogP contribution is 2.29. The Hall–Kier alpha value is -3.51. The van der Waals surface area contributed by atoms with Crippen LogP contribution in [0.3, 0.4) is 0 Å². The maximum atomic E-state index is 4.96. The molecular weight excluding hydrogens is 408 g/mol. The first kappa shape index (κ1) is 21.3. The predicted molar refractivity (Wildman–Crippen MR) is 135 cm³/mol. The van der Waals surface area contributed by atoms with E-state index in [1.807, 2.05) is 36.7 Å². The van der Waals surface area contributed by atoms with Crippen molar-refractivity contribution in [1.29, 1.82) is 0 Å². The molecule has 0 aromatic carbocycles. The van der Waals surface area contributed by atoms with E-state index in [-0.39, 0.29) is 0 Å². The number of aromatic amines is 2. The van der Waals surface area contributed by atoms with E-state index in [0.717, 1.165) is 63.9 Å². The lowest BCUT2D eigenvalue weighted by molar-refractivity contribution is 0.489. The molecule has 0 spiro atoms. The van der Waals surface area contributed by atoms with Gasteiger partial charge in [0.15, 0.2) is 0 Å². The van der Waals surface area contributed by atoms with Gasteiger partial charge in [-0.3, -0.25) is 10.1 Å². The van der Waals surface area contributed by atoms with Crippen molar-refractivity contribution in [3.63, 3.8) is 0 Å². The quantitative estimate of drug-likeness (QED) is 0.304. The predicted octanol–water partition coefficient (Wildman–Crippen LogP) is 5.80. The zero-order valence-electron chi connectivity index (χ0n) is 19.1. The van der Waals surface area contributed by atoms with Crippen LogP contribution in [-0.4, -0.2) is 31.7 Å². The number of H-pyrrole nitrogens is 2. The topological polar surface area (TPSA) is 82.3 Å². The van der Waals surface area contributed by atoms with E-state index >= 15 is 0 Å². The Bertz CT molecular complexity index is 1290. The number of nitrogens with zero attached hydrogens (tertiary/aromatic N) is 3. The zero-order valence-corrected chi connectivity index (χ0v) is 19.1. The van der Waals surface area contributed by atoms with Crippen molar-refractivity contribution < 1.29 is 0 Å². The molecule has 0 unspecified atom stereocenters. The molecule has 0 atom stereocenters. The van der Waals surface area contributed by atoms with Gasteiger partial charge in [0.1, 0.15) is 11.2 Å². The van der Waals surface area contributed by atoms with Gasteiger partial charge < -0.3 is 10.3 Å². The summed E-state index contributed by atoms with van der Waals surface area (Å²) >= 11 is 0. The normalized spacial score (nSPS) is 14.6.